The highest BCUT2D eigenvalue weighted by atomic mass is 16.3. The third-order valence-electron chi connectivity index (χ3n) is 5.74. The largest absolute Gasteiger partial charge is 0.508 e. The molecule has 2 aromatic carbocycles. The van der Waals surface area contributed by atoms with Crippen LogP contribution in [0.4, 0.5) is 5.69 Å². The first-order chi connectivity index (χ1) is 13.5. The Kier molecular flexibility index (Phi) is 5.19. The zero-order valence-corrected chi connectivity index (χ0v) is 16.5. The SMILES string of the molecule is CC(C)c1cc([C@H]2C(O)N2c2ccc(CN3CCNCC3)cc2)c(O)cc1O. The van der Waals surface area contributed by atoms with E-state index in [0.29, 0.717) is 5.56 Å². The first-order valence-electron chi connectivity index (χ1n) is 10.00. The molecule has 0 aromatic heterocycles. The van der Waals surface area contributed by atoms with Crippen LogP contribution in [0.25, 0.3) is 0 Å². The van der Waals surface area contributed by atoms with Gasteiger partial charge in [0.05, 0.1) is 0 Å². The van der Waals surface area contributed by atoms with Crippen LogP contribution in [0.15, 0.2) is 36.4 Å². The topological polar surface area (TPSA) is 79.0 Å². The van der Waals surface area contributed by atoms with Gasteiger partial charge in [0.25, 0.3) is 0 Å². The van der Waals surface area contributed by atoms with Gasteiger partial charge in [-0.15, -0.1) is 0 Å². The van der Waals surface area contributed by atoms with Crippen molar-refractivity contribution in [3.63, 3.8) is 0 Å². The van der Waals surface area contributed by atoms with Crippen molar-refractivity contribution in [1.29, 1.82) is 0 Å². The quantitative estimate of drug-likeness (QED) is 0.594. The molecule has 2 atom stereocenters. The van der Waals surface area contributed by atoms with Crippen LogP contribution in [0.5, 0.6) is 11.5 Å². The fourth-order valence-corrected chi connectivity index (χ4v) is 4.05. The summed E-state index contributed by atoms with van der Waals surface area (Å²) in [6.45, 7) is 9.12. The molecular weight excluding hydrogens is 354 g/mol. The van der Waals surface area contributed by atoms with Crippen LogP contribution >= 0.6 is 0 Å². The van der Waals surface area contributed by atoms with Crippen molar-refractivity contribution in [3.8, 4) is 11.5 Å². The number of rotatable bonds is 5. The Labute approximate surface area is 166 Å². The molecule has 4 rings (SSSR count). The van der Waals surface area contributed by atoms with E-state index in [1.807, 2.05) is 36.9 Å². The van der Waals surface area contributed by atoms with Crippen LogP contribution in [0.3, 0.4) is 0 Å². The first-order valence-corrected chi connectivity index (χ1v) is 10.00. The Hall–Kier alpha value is -2.28. The zero-order chi connectivity index (χ0) is 19.8. The maximum atomic E-state index is 10.5. The van der Waals surface area contributed by atoms with Gasteiger partial charge in [-0.1, -0.05) is 26.0 Å². The molecule has 2 fully saturated rings. The van der Waals surface area contributed by atoms with E-state index in [-0.39, 0.29) is 23.5 Å². The molecule has 0 spiro atoms. The molecule has 6 heteroatoms. The van der Waals surface area contributed by atoms with Crippen molar-refractivity contribution in [2.75, 3.05) is 31.1 Å². The van der Waals surface area contributed by atoms with Crippen LogP contribution in [0, 0.1) is 0 Å². The monoisotopic (exact) mass is 383 g/mol. The Morgan fingerprint density at radius 2 is 1.71 bits per heavy atom. The number of aliphatic hydroxyl groups is 1. The molecule has 0 aliphatic carbocycles. The highest BCUT2D eigenvalue weighted by Gasteiger charge is 2.49. The van der Waals surface area contributed by atoms with E-state index in [2.05, 4.69) is 22.3 Å². The molecule has 4 N–H and O–H groups in total. The molecule has 0 bridgehead atoms. The summed E-state index contributed by atoms with van der Waals surface area (Å²) in [5, 5.41) is 34.2. The summed E-state index contributed by atoms with van der Waals surface area (Å²) >= 11 is 0. The average molecular weight is 383 g/mol. The summed E-state index contributed by atoms with van der Waals surface area (Å²) < 4.78 is 0. The molecule has 28 heavy (non-hydrogen) atoms. The van der Waals surface area contributed by atoms with Gasteiger partial charge >= 0.3 is 0 Å². The van der Waals surface area contributed by atoms with Gasteiger partial charge in [0.2, 0.25) is 0 Å². The van der Waals surface area contributed by atoms with Gasteiger partial charge in [0, 0.05) is 50.0 Å². The lowest BCUT2D eigenvalue weighted by Gasteiger charge is -2.27. The molecule has 0 amide bonds. The number of hydrogen-bond donors (Lipinski definition) is 4. The number of phenols is 2. The van der Waals surface area contributed by atoms with Gasteiger partial charge in [0.15, 0.2) is 6.23 Å². The minimum atomic E-state index is -0.672. The number of phenolic OH excluding ortho intramolecular Hbond substituents is 2. The van der Waals surface area contributed by atoms with E-state index in [0.717, 1.165) is 44.0 Å². The van der Waals surface area contributed by atoms with Crippen LogP contribution < -0.4 is 10.2 Å². The smallest absolute Gasteiger partial charge is 0.152 e. The number of aliphatic hydroxyl groups excluding tert-OH is 1. The summed E-state index contributed by atoms with van der Waals surface area (Å²) in [6.07, 6.45) is -0.672. The van der Waals surface area contributed by atoms with E-state index in [4.69, 9.17) is 0 Å². The summed E-state index contributed by atoms with van der Waals surface area (Å²) in [4.78, 5) is 4.31. The summed E-state index contributed by atoms with van der Waals surface area (Å²) in [5.74, 6) is 0.243. The molecule has 2 heterocycles. The number of aromatic hydroxyl groups is 2. The number of hydrogen-bond acceptors (Lipinski definition) is 6. The Morgan fingerprint density at radius 3 is 2.36 bits per heavy atom. The van der Waals surface area contributed by atoms with Crippen molar-refractivity contribution in [1.82, 2.24) is 10.2 Å². The average Bonchev–Trinajstić information content (AvgIpc) is 3.33. The van der Waals surface area contributed by atoms with E-state index in [1.165, 1.54) is 11.6 Å². The third kappa shape index (κ3) is 3.68. The van der Waals surface area contributed by atoms with Gasteiger partial charge in [0.1, 0.15) is 17.5 Å². The molecule has 2 saturated heterocycles. The molecular formula is C22H29N3O3. The van der Waals surface area contributed by atoms with Gasteiger partial charge in [-0.25, -0.2) is 0 Å². The Bertz CT molecular complexity index is 832. The van der Waals surface area contributed by atoms with Gasteiger partial charge in [-0.3, -0.25) is 4.90 Å². The molecule has 2 aliphatic heterocycles. The maximum absolute atomic E-state index is 10.5. The second kappa shape index (κ2) is 7.62. The third-order valence-corrected chi connectivity index (χ3v) is 5.74. The van der Waals surface area contributed by atoms with E-state index in [9.17, 15) is 15.3 Å². The van der Waals surface area contributed by atoms with Crippen molar-refractivity contribution < 1.29 is 15.3 Å². The molecule has 2 aromatic rings. The van der Waals surface area contributed by atoms with Crippen LogP contribution in [0.2, 0.25) is 0 Å². The molecule has 2 aliphatic rings. The predicted molar refractivity (Wildman–Crippen MR) is 110 cm³/mol. The van der Waals surface area contributed by atoms with Gasteiger partial charge in [-0.05, 0) is 35.2 Å². The fraction of sp³-hybridized carbons (Fsp3) is 0.455. The fourth-order valence-electron chi connectivity index (χ4n) is 4.05. The molecule has 6 nitrogen and oxygen atoms in total. The summed E-state index contributed by atoms with van der Waals surface area (Å²) in [7, 11) is 0. The number of anilines is 1. The predicted octanol–water partition coefficient (Wildman–Crippen LogP) is 2.51. The highest BCUT2D eigenvalue weighted by molar-refractivity contribution is 5.61. The lowest BCUT2D eigenvalue weighted by molar-refractivity contribution is 0.233. The van der Waals surface area contributed by atoms with Crippen LogP contribution in [-0.2, 0) is 6.54 Å². The number of benzene rings is 2. The van der Waals surface area contributed by atoms with Crippen molar-refractivity contribution in [2.24, 2.45) is 0 Å². The number of nitrogens with zero attached hydrogens (tertiary/aromatic N) is 2. The minimum Gasteiger partial charge on any atom is -0.508 e. The van der Waals surface area contributed by atoms with Gasteiger partial charge in [-0.2, -0.15) is 0 Å². The molecule has 0 radical (unpaired) electrons. The first kappa shape index (κ1) is 19.1. The van der Waals surface area contributed by atoms with Crippen LogP contribution in [-0.4, -0.2) is 52.6 Å². The highest BCUT2D eigenvalue weighted by Crippen LogP contribution is 2.49. The summed E-state index contributed by atoms with van der Waals surface area (Å²) in [5.41, 5.74) is 3.62. The van der Waals surface area contributed by atoms with Crippen LogP contribution in [0.1, 0.15) is 42.5 Å². The van der Waals surface area contributed by atoms with E-state index < -0.39 is 6.23 Å². The lowest BCUT2D eigenvalue weighted by Crippen LogP contribution is -2.42. The van der Waals surface area contributed by atoms with E-state index in [1.54, 1.807) is 0 Å². The molecule has 0 saturated carbocycles. The normalized spacial score (nSPS) is 22.6. The zero-order valence-electron chi connectivity index (χ0n) is 16.5. The Balaban J connectivity index is 1.49. The maximum Gasteiger partial charge on any atom is 0.152 e. The van der Waals surface area contributed by atoms with Gasteiger partial charge < -0.3 is 25.5 Å². The Morgan fingerprint density at radius 1 is 1.04 bits per heavy atom. The van der Waals surface area contributed by atoms with Crippen molar-refractivity contribution in [3.05, 3.63) is 53.1 Å². The van der Waals surface area contributed by atoms with Crippen molar-refractivity contribution in [2.45, 2.75) is 38.6 Å². The molecule has 150 valence electrons. The molecule has 1 unspecified atom stereocenters. The standard InChI is InChI=1S/C22H29N3O3/c1-14(2)17-11-18(20(27)12-19(17)26)21-22(28)25(21)16-5-3-15(4-6-16)13-24-9-7-23-8-10-24/h3-6,11-12,14,21-23,26-28H,7-10,13H2,1-2H3/t21-,22?,25?/m0/s1. The second-order valence-corrected chi connectivity index (χ2v) is 8.08. The van der Waals surface area contributed by atoms with E-state index >= 15 is 0 Å². The number of nitrogens with one attached hydrogen (secondary N) is 1. The lowest BCUT2D eigenvalue weighted by atomic mass is 9.97. The summed E-state index contributed by atoms with van der Waals surface area (Å²) in [6, 6.07) is 11.2. The number of piperazine rings is 1. The second-order valence-electron chi connectivity index (χ2n) is 8.08. The minimum absolute atomic E-state index is 0.0174. The van der Waals surface area contributed by atoms with Crippen molar-refractivity contribution >= 4 is 5.69 Å².